The van der Waals surface area contributed by atoms with Gasteiger partial charge >= 0.3 is 0 Å². The minimum absolute atomic E-state index is 0.106. The second-order valence-electron chi connectivity index (χ2n) is 9.52. The zero-order valence-corrected chi connectivity index (χ0v) is 23.9. The summed E-state index contributed by atoms with van der Waals surface area (Å²) in [7, 11) is 0. The van der Waals surface area contributed by atoms with Gasteiger partial charge in [-0.3, -0.25) is 9.59 Å². The normalized spacial score (nSPS) is 11.8. The number of halogens is 2. The van der Waals surface area contributed by atoms with Gasteiger partial charge in [-0.1, -0.05) is 97.7 Å². The zero-order chi connectivity index (χ0) is 26.8. The molecule has 0 saturated carbocycles. The first-order valence-corrected chi connectivity index (χ1v) is 14.3. The van der Waals surface area contributed by atoms with Crippen LogP contribution in [0.4, 0.5) is 0 Å². The van der Waals surface area contributed by atoms with Crippen molar-refractivity contribution >= 4 is 46.8 Å². The van der Waals surface area contributed by atoms with E-state index in [1.54, 1.807) is 28.8 Å². The van der Waals surface area contributed by atoms with Gasteiger partial charge in [-0.15, -0.1) is 11.8 Å². The Morgan fingerprint density at radius 1 is 0.946 bits per heavy atom. The first-order valence-electron chi connectivity index (χ1n) is 12.4. The molecule has 0 saturated heterocycles. The SMILES string of the molecule is Cc1ccccc1CSCC(=O)N(Cc1ccc(Cl)cc1Cl)[C@@H](Cc1ccccc1)C(=O)NCC(C)C. The molecule has 37 heavy (non-hydrogen) atoms. The molecule has 0 radical (unpaired) electrons. The summed E-state index contributed by atoms with van der Waals surface area (Å²) < 4.78 is 0. The molecule has 1 atom stereocenters. The van der Waals surface area contributed by atoms with Crippen molar-refractivity contribution < 1.29 is 9.59 Å². The van der Waals surface area contributed by atoms with Gasteiger partial charge in [0, 0.05) is 35.3 Å². The standard InChI is InChI=1S/C30H34Cl2N2O2S/c1-21(2)17-33-30(36)28(15-23-10-5-4-6-11-23)34(18-24-13-14-26(31)16-27(24)32)29(35)20-37-19-25-12-8-7-9-22(25)3/h4-14,16,21,28H,15,17-20H2,1-3H3,(H,33,36)/t28-/m0/s1. The fraction of sp³-hybridized carbons (Fsp3) is 0.333. The van der Waals surface area contributed by atoms with Gasteiger partial charge in [-0.05, 0) is 47.2 Å². The Labute approximate surface area is 234 Å². The smallest absolute Gasteiger partial charge is 0.243 e. The molecule has 3 aromatic carbocycles. The van der Waals surface area contributed by atoms with E-state index in [2.05, 4.69) is 24.4 Å². The number of nitrogens with one attached hydrogen (secondary N) is 1. The van der Waals surface area contributed by atoms with E-state index in [0.29, 0.717) is 28.9 Å². The summed E-state index contributed by atoms with van der Waals surface area (Å²) in [5.41, 5.74) is 4.13. The number of nitrogens with zero attached hydrogens (tertiary/aromatic N) is 1. The predicted octanol–water partition coefficient (Wildman–Crippen LogP) is 6.95. The van der Waals surface area contributed by atoms with Crippen LogP contribution in [-0.2, 0) is 28.3 Å². The van der Waals surface area contributed by atoms with E-state index >= 15 is 0 Å². The lowest BCUT2D eigenvalue weighted by Gasteiger charge is -2.32. The van der Waals surface area contributed by atoms with Crippen molar-refractivity contribution in [3.05, 3.63) is 105 Å². The number of thioether (sulfide) groups is 1. The molecule has 4 nitrogen and oxygen atoms in total. The Hall–Kier alpha value is -2.47. The van der Waals surface area contributed by atoms with Crippen LogP contribution in [0, 0.1) is 12.8 Å². The first kappa shape index (κ1) is 29.1. The largest absolute Gasteiger partial charge is 0.354 e. The van der Waals surface area contributed by atoms with Crippen LogP contribution in [0.25, 0.3) is 0 Å². The van der Waals surface area contributed by atoms with E-state index in [9.17, 15) is 9.59 Å². The number of carbonyl (C=O) groups excluding carboxylic acids is 2. The van der Waals surface area contributed by atoms with Gasteiger partial charge in [0.2, 0.25) is 11.8 Å². The molecule has 1 N–H and O–H groups in total. The number of amides is 2. The number of hydrogen-bond acceptors (Lipinski definition) is 3. The summed E-state index contributed by atoms with van der Waals surface area (Å²) in [6, 6.07) is 22.5. The quantitative estimate of drug-likeness (QED) is 0.262. The summed E-state index contributed by atoms with van der Waals surface area (Å²) in [6.07, 6.45) is 0.407. The maximum absolute atomic E-state index is 13.7. The summed E-state index contributed by atoms with van der Waals surface area (Å²) in [5.74, 6) is 0.991. The van der Waals surface area contributed by atoms with Gasteiger partial charge in [-0.2, -0.15) is 0 Å². The van der Waals surface area contributed by atoms with Gasteiger partial charge in [-0.25, -0.2) is 0 Å². The molecule has 0 aliphatic carbocycles. The molecule has 2 amide bonds. The summed E-state index contributed by atoms with van der Waals surface area (Å²) in [6.45, 7) is 6.92. The minimum Gasteiger partial charge on any atom is -0.354 e. The highest BCUT2D eigenvalue weighted by molar-refractivity contribution is 7.99. The average molecular weight is 558 g/mol. The molecule has 0 fully saturated rings. The van der Waals surface area contributed by atoms with E-state index in [1.165, 1.54) is 11.1 Å². The highest BCUT2D eigenvalue weighted by atomic mass is 35.5. The molecule has 196 valence electrons. The molecular formula is C30H34Cl2N2O2S. The van der Waals surface area contributed by atoms with Crippen LogP contribution in [0.2, 0.25) is 10.0 Å². The molecule has 0 aliphatic rings. The topological polar surface area (TPSA) is 49.4 Å². The van der Waals surface area contributed by atoms with Crippen molar-refractivity contribution in [3.8, 4) is 0 Å². The van der Waals surface area contributed by atoms with Crippen molar-refractivity contribution in [2.75, 3.05) is 12.3 Å². The van der Waals surface area contributed by atoms with E-state index in [0.717, 1.165) is 16.9 Å². The summed E-state index contributed by atoms with van der Waals surface area (Å²) >= 11 is 14.2. The number of hydrogen-bond donors (Lipinski definition) is 1. The second kappa shape index (κ2) is 14.5. The highest BCUT2D eigenvalue weighted by Gasteiger charge is 2.30. The second-order valence-corrected chi connectivity index (χ2v) is 11.4. The Morgan fingerprint density at radius 3 is 2.32 bits per heavy atom. The van der Waals surface area contributed by atoms with Gasteiger partial charge < -0.3 is 10.2 Å². The van der Waals surface area contributed by atoms with E-state index in [4.69, 9.17) is 23.2 Å². The van der Waals surface area contributed by atoms with Crippen molar-refractivity contribution in [1.29, 1.82) is 0 Å². The Bertz CT molecular complexity index is 1190. The van der Waals surface area contributed by atoms with Crippen LogP contribution < -0.4 is 5.32 Å². The van der Waals surface area contributed by atoms with Crippen molar-refractivity contribution in [1.82, 2.24) is 10.2 Å². The van der Waals surface area contributed by atoms with Gasteiger partial charge in [0.25, 0.3) is 0 Å². The third-order valence-corrected chi connectivity index (χ3v) is 7.61. The molecular weight excluding hydrogens is 523 g/mol. The van der Waals surface area contributed by atoms with Gasteiger partial charge in [0.15, 0.2) is 0 Å². The van der Waals surface area contributed by atoms with Crippen LogP contribution in [0.3, 0.4) is 0 Å². The van der Waals surface area contributed by atoms with Crippen LogP contribution >= 0.6 is 35.0 Å². The summed E-state index contributed by atoms with van der Waals surface area (Å²) in [4.78, 5) is 28.9. The van der Waals surface area contributed by atoms with Crippen LogP contribution in [0.15, 0.2) is 72.8 Å². The molecule has 0 aromatic heterocycles. The lowest BCUT2D eigenvalue weighted by molar-refractivity contribution is -0.139. The molecule has 0 bridgehead atoms. The fourth-order valence-electron chi connectivity index (χ4n) is 3.91. The molecule has 3 rings (SSSR count). The zero-order valence-electron chi connectivity index (χ0n) is 21.5. The first-order chi connectivity index (χ1) is 17.7. The molecule has 0 heterocycles. The van der Waals surface area contributed by atoms with E-state index < -0.39 is 6.04 Å². The molecule has 7 heteroatoms. The molecule has 3 aromatic rings. The van der Waals surface area contributed by atoms with Crippen molar-refractivity contribution in [2.24, 2.45) is 5.92 Å². The maximum atomic E-state index is 13.7. The fourth-order valence-corrected chi connectivity index (χ4v) is 5.37. The average Bonchev–Trinajstić information content (AvgIpc) is 2.87. The van der Waals surface area contributed by atoms with Gasteiger partial charge in [0.1, 0.15) is 6.04 Å². The Morgan fingerprint density at radius 2 is 1.65 bits per heavy atom. The van der Waals surface area contributed by atoms with E-state index in [-0.39, 0.29) is 24.1 Å². The van der Waals surface area contributed by atoms with E-state index in [1.807, 2.05) is 62.4 Å². The van der Waals surface area contributed by atoms with Crippen molar-refractivity contribution in [3.63, 3.8) is 0 Å². The maximum Gasteiger partial charge on any atom is 0.243 e. The van der Waals surface area contributed by atoms with Crippen LogP contribution in [0.1, 0.15) is 36.1 Å². The third-order valence-electron chi connectivity index (χ3n) is 6.06. The number of rotatable bonds is 12. The van der Waals surface area contributed by atoms with Crippen LogP contribution in [0.5, 0.6) is 0 Å². The Kier molecular flexibility index (Phi) is 11.4. The highest BCUT2D eigenvalue weighted by Crippen LogP contribution is 2.25. The number of aryl methyl sites for hydroxylation is 1. The van der Waals surface area contributed by atoms with Gasteiger partial charge in [0.05, 0.1) is 5.75 Å². The van der Waals surface area contributed by atoms with Crippen LogP contribution in [-0.4, -0.2) is 35.1 Å². The summed E-state index contributed by atoms with van der Waals surface area (Å²) in [5, 5.41) is 4.04. The number of carbonyl (C=O) groups is 2. The monoisotopic (exact) mass is 556 g/mol. The van der Waals surface area contributed by atoms with Crippen molar-refractivity contribution in [2.45, 2.75) is 45.5 Å². The lowest BCUT2D eigenvalue weighted by atomic mass is 10.0. The Balaban J connectivity index is 1.88. The molecule has 0 unspecified atom stereocenters. The molecule has 0 aliphatic heterocycles. The predicted molar refractivity (Wildman–Crippen MR) is 156 cm³/mol. The number of benzene rings is 3. The lowest BCUT2D eigenvalue weighted by Crippen LogP contribution is -2.51. The molecule has 0 spiro atoms. The third kappa shape index (κ3) is 9.10. The minimum atomic E-state index is -0.681.